The number of methoxy groups -OCH3 is 1. The van der Waals surface area contributed by atoms with Crippen LogP contribution in [0.4, 0.5) is 5.69 Å². The van der Waals surface area contributed by atoms with Gasteiger partial charge in [-0.15, -0.1) is 11.6 Å². The molecule has 1 N–H and O–H groups in total. The predicted octanol–water partition coefficient (Wildman–Crippen LogP) is 2.96. The van der Waals surface area contributed by atoms with Gasteiger partial charge in [0.15, 0.2) is 0 Å². The average molecular weight is 214 g/mol. The van der Waals surface area contributed by atoms with E-state index in [2.05, 4.69) is 17.4 Å². The zero-order valence-electron chi connectivity index (χ0n) is 8.86. The molecule has 1 aromatic carbocycles. The highest BCUT2D eigenvalue weighted by Crippen LogP contribution is 2.26. The molecule has 0 aliphatic heterocycles. The number of benzene rings is 1. The summed E-state index contributed by atoms with van der Waals surface area (Å²) in [5.41, 5.74) is 3.38. The molecule has 2 nitrogen and oxygen atoms in total. The Hall–Kier alpha value is -0.890. The summed E-state index contributed by atoms with van der Waals surface area (Å²) < 4.78 is 5.28. The quantitative estimate of drug-likeness (QED) is 0.777. The Morgan fingerprint density at radius 1 is 1.29 bits per heavy atom. The number of nitrogens with one attached hydrogen (secondary N) is 1. The van der Waals surface area contributed by atoms with Crippen LogP contribution in [0.25, 0.3) is 0 Å². The third-order valence-electron chi connectivity index (χ3n) is 2.09. The maximum Gasteiger partial charge on any atom is 0.124 e. The summed E-state index contributed by atoms with van der Waals surface area (Å²) in [6.07, 6.45) is 0. The second-order valence-corrected chi connectivity index (χ2v) is 3.64. The van der Waals surface area contributed by atoms with E-state index in [1.165, 1.54) is 0 Å². The Bertz CT molecular complexity index is 289. The third-order valence-corrected chi connectivity index (χ3v) is 2.28. The molecule has 0 saturated heterocycles. The Balaban J connectivity index is 2.90. The van der Waals surface area contributed by atoms with Crippen LogP contribution in [-0.2, 0) is 0 Å². The first-order valence-corrected chi connectivity index (χ1v) is 5.17. The predicted molar refractivity (Wildman–Crippen MR) is 61.7 cm³/mol. The number of rotatable bonds is 4. The Morgan fingerprint density at radius 3 is 2.29 bits per heavy atom. The summed E-state index contributed by atoms with van der Waals surface area (Å²) in [5, 5.41) is 3.24. The van der Waals surface area contributed by atoms with E-state index in [1.807, 2.05) is 13.8 Å². The van der Waals surface area contributed by atoms with Gasteiger partial charge in [0, 0.05) is 18.1 Å². The van der Waals surface area contributed by atoms with Gasteiger partial charge in [-0.25, -0.2) is 0 Å². The summed E-state index contributed by atoms with van der Waals surface area (Å²) in [5.74, 6) is 1.57. The van der Waals surface area contributed by atoms with Crippen LogP contribution in [0.1, 0.15) is 11.1 Å². The monoisotopic (exact) mass is 213 g/mol. The second kappa shape index (κ2) is 5.11. The SMILES string of the molecule is COc1c(C)cc(NCCCl)cc1C. The summed E-state index contributed by atoms with van der Waals surface area (Å²) in [6, 6.07) is 4.14. The summed E-state index contributed by atoms with van der Waals surface area (Å²) in [4.78, 5) is 0. The van der Waals surface area contributed by atoms with Gasteiger partial charge in [-0.2, -0.15) is 0 Å². The van der Waals surface area contributed by atoms with E-state index in [1.54, 1.807) is 7.11 Å². The molecule has 0 saturated carbocycles. The fourth-order valence-electron chi connectivity index (χ4n) is 1.57. The number of anilines is 1. The van der Waals surface area contributed by atoms with Gasteiger partial charge in [0.05, 0.1) is 7.11 Å². The molecule has 0 amide bonds. The topological polar surface area (TPSA) is 21.3 Å². The van der Waals surface area contributed by atoms with Gasteiger partial charge < -0.3 is 10.1 Å². The molecule has 1 aromatic rings. The Labute approximate surface area is 90.2 Å². The van der Waals surface area contributed by atoms with E-state index < -0.39 is 0 Å². The lowest BCUT2D eigenvalue weighted by atomic mass is 10.1. The lowest BCUT2D eigenvalue weighted by molar-refractivity contribution is 0.408. The maximum absolute atomic E-state index is 5.60. The van der Waals surface area contributed by atoms with Gasteiger partial charge in [-0.1, -0.05) is 0 Å². The lowest BCUT2D eigenvalue weighted by Crippen LogP contribution is -2.03. The van der Waals surface area contributed by atoms with Crippen molar-refractivity contribution in [2.75, 3.05) is 24.9 Å². The molecule has 0 heterocycles. The minimum atomic E-state index is 0.615. The summed E-state index contributed by atoms with van der Waals surface area (Å²) in [7, 11) is 1.70. The molecule has 1 rings (SSSR count). The van der Waals surface area contributed by atoms with Crippen molar-refractivity contribution in [2.45, 2.75) is 13.8 Å². The molecule has 0 unspecified atom stereocenters. The van der Waals surface area contributed by atoms with Crippen LogP contribution < -0.4 is 10.1 Å². The Kier molecular flexibility index (Phi) is 4.08. The number of hydrogen-bond donors (Lipinski definition) is 1. The van der Waals surface area contributed by atoms with Crippen molar-refractivity contribution in [3.8, 4) is 5.75 Å². The maximum atomic E-state index is 5.60. The van der Waals surface area contributed by atoms with E-state index >= 15 is 0 Å². The van der Waals surface area contributed by atoms with Crippen molar-refractivity contribution in [3.63, 3.8) is 0 Å². The molecule has 0 spiro atoms. The van der Waals surface area contributed by atoms with Crippen molar-refractivity contribution in [1.82, 2.24) is 0 Å². The van der Waals surface area contributed by atoms with Gasteiger partial charge in [0.2, 0.25) is 0 Å². The molecule has 14 heavy (non-hydrogen) atoms. The largest absolute Gasteiger partial charge is 0.496 e. The van der Waals surface area contributed by atoms with Crippen molar-refractivity contribution < 1.29 is 4.74 Å². The van der Waals surface area contributed by atoms with Crippen molar-refractivity contribution in [1.29, 1.82) is 0 Å². The van der Waals surface area contributed by atoms with Crippen molar-refractivity contribution in [2.24, 2.45) is 0 Å². The van der Waals surface area contributed by atoms with Gasteiger partial charge in [-0.05, 0) is 37.1 Å². The molecule has 0 atom stereocenters. The Morgan fingerprint density at radius 2 is 1.86 bits per heavy atom. The highest BCUT2D eigenvalue weighted by molar-refractivity contribution is 6.18. The molecular formula is C11H16ClNO. The number of hydrogen-bond acceptors (Lipinski definition) is 2. The molecule has 3 heteroatoms. The summed E-state index contributed by atoms with van der Waals surface area (Å²) in [6.45, 7) is 4.86. The minimum absolute atomic E-state index is 0.615. The van der Waals surface area contributed by atoms with Crippen molar-refractivity contribution >= 4 is 17.3 Å². The molecule has 0 radical (unpaired) electrons. The van der Waals surface area contributed by atoms with E-state index in [-0.39, 0.29) is 0 Å². The smallest absolute Gasteiger partial charge is 0.124 e. The second-order valence-electron chi connectivity index (χ2n) is 3.26. The molecule has 0 aliphatic carbocycles. The molecule has 0 aromatic heterocycles. The van der Waals surface area contributed by atoms with Crippen LogP contribution in [0, 0.1) is 13.8 Å². The normalized spacial score (nSPS) is 10.0. The van der Waals surface area contributed by atoms with E-state index in [9.17, 15) is 0 Å². The third kappa shape index (κ3) is 2.55. The number of halogens is 1. The highest BCUT2D eigenvalue weighted by atomic mass is 35.5. The van der Waals surface area contributed by atoms with Gasteiger partial charge in [0.1, 0.15) is 5.75 Å². The molecule has 0 fully saturated rings. The number of alkyl halides is 1. The van der Waals surface area contributed by atoms with Crippen LogP contribution in [0.15, 0.2) is 12.1 Å². The lowest BCUT2D eigenvalue weighted by Gasteiger charge is -2.12. The van der Waals surface area contributed by atoms with Crippen LogP contribution in [-0.4, -0.2) is 19.5 Å². The van der Waals surface area contributed by atoms with Crippen LogP contribution in [0.3, 0.4) is 0 Å². The number of aryl methyl sites for hydroxylation is 2. The van der Waals surface area contributed by atoms with E-state index in [0.29, 0.717) is 5.88 Å². The average Bonchev–Trinajstić information content (AvgIpc) is 2.14. The van der Waals surface area contributed by atoms with Gasteiger partial charge in [0.25, 0.3) is 0 Å². The van der Waals surface area contributed by atoms with Crippen molar-refractivity contribution in [3.05, 3.63) is 23.3 Å². The fourth-order valence-corrected chi connectivity index (χ4v) is 1.66. The van der Waals surface area contributed by atoms with Crippen LogP contribution in [0.2, 0.25) is 0 Å². The standard InChI is InChI=1S/C11H16ClNO/c1-8-6-10(13-5-4-12)7-9(2)11(8)14-3/h6-7,13H,4-5H2,1-3H3. The summed E-state index contributed by atoms with van der Waals surface area (Å²) >= 11 is 5.60. The first-order valence-electron chi connectivity index (χ1n) is 4.64. The van der Waals surface area contributed by atoms with Gasteiger partial charge in [-0.3, -0.25) is 0 Å². The fraction of sp³-hybridized carbons (Fsp3) is 0.455. The number of ether oxygens (including phenoxy) is 1. The van der Waals surface area contributed by atoms with Crippen LogP contribution >= 0.6 is 11.6 Å². The molecule has 0 aliphatic rings. The van der Waals surface area contributed by atoms with E-state index in [4.69, 9.17) is 16.3 Å². The highest BCUT2D eigenvalue weighted by Gasteiger charge is 2.04. The van der Waals surface area contributed by atoms with E-state index in [0.717, 1.165) is 29.1 Å². The zero-order valence-corrected chi connectivity index (χ0v) is 9.61. The molecule has 0 bridgehead atoms. The molecular weight excluding hydrogens is 198 g/mol. The first kappa shape index (κ1) is 11.2. The van der Waals surface area contributed by atoms with Crippen LogP contribution in [0.5, 0.6) is 5.75 Å². The van der Waals surface area contributed by atoms with Gasteiger partial charge >= 0.3 is 0 Å². The first-order chi connectivity index (χ1) is 6.69. The minimum Gasteiger partial charge on any atom is -0.496 e. The zero-order chi connectivity index (χ0) is 10.6. The molecule has 78 valence electrons.